The SMILES string of the molecule is CN(C)C/C=C/C(N)=O.O.O=C(O)/C=C\C(=O)O. The summed E-state index contributed by atoms with van der Waals surface area (Å²) in [6, 6.07) is 0. The van der Waals surface area contributed by atoms with Crippen molar-refractivity contribution >= 4 is 17.8 Å². The zero-order valence-corrected chi connectivity index (χ0v) is 10.2. The van der Waals surface area contributed by atoms with Gasteiger partial charge in [0.2, 0.25) is 5.91 Å². The molecule has 8 heteroatoms. The Kier molecular flexibility index (Phi) is 15.1. The third-order valence-electron chi connectivity index (χ3n) is 1.12. The summed E-state index contributed by atoms with van der Waals surface area (Å²) >= 11 is 0. The average molecular weight is 262 g/mol. The first-order chi connectivity index (χ1) is 7.75. The van der Waals surface area contributed by atoms with Crippen LogP contribution in [0.25, 0.3) is 0 Å². The Morgan fingerprint density at radius 2 is 1.44 bits per heavy atom. The monoisotopic (exact) mass is 262 g/mol. The molecule has 0 unspecified atom stereocenters. The van der Waals surface area contributed by atoms with Gasteiger partial charge in [0.25, 0.3) is 0 Å². The van der Waals surface area contributed by atoms with Crippen molar-refractivity contribution in [1.29, 1.82) is 0 Å². The van der Waals surface area contributed by atoms with Crippen LogP contribution in [0.3, 0.4) is 0 Å². The molecule has 0 bridgehead atoms. The summed E-state index contributed by atoms with van der Waals surface area (Å²) in [5.41, 5.74) is 4.83. The molecule has 0 saturated heterocycles. The van der Waals surface area contributed by atoms with Gasteiger partial charge in [-0.3, -0.25) is 4.79 Å². The first kappa shape index (κ1) is 21.1. The summed E-state index contributed by atoms with van der Waals surface area (Å²) in [5.74, 6) is -2.91. The molecule has 0 aromatic heterocycles. The zero-order chi connectivity index (χ0) is 13.8. The van der Waals surface area contributed by atoms with Crippen LogP contribution >= 0.6 is 0 Å². The second kappa shape index (κ2) is 12.9. The molecule has 0 saturated carbocycles. The van der Waals surface area contributed by atoms with Crippen LogP contribution in [0.15, 0.2) is 24.3 Å². The van der Waals surface area contributed by atoms with Crippen molar-refractivity contribution < 1.29 is 30.1 Å². The van der Waals surface area contributed by atoms with Crippen molar-refractivity contribution in [2.24, 2.45) is 5.73 Å². The number of carboxylic acid groups (broad SMARTS) is 2. The predicted octanol–water partition coefficient (Wildman–Crippen LogP) is -1.52. The van der Waals surface area contributed by atoms with E-state index in [9.17, 15) is 14.4 Å². The highest BCUT2D eigenvalue weighted by atomic mass is 16.4. The van der Waals surface area contributed by atoms with Crippen LogP contribution in [-0.2, 0) is 14.4 Å². The van der Waals surface area contributed by atoms with Crippen molar-refractivity contribution in [3.8, 4) is 0 Å². The van der Waals surface area contributed by atoms with Crippen LogP contribution in [0.2, 0.25) is 0 Å². The maximum Gasteiger partial charge on any atom is 0.328 e. The van der Waals surface area contributed by atoms with Gasteiger partial charge in [-0.15, -0.1) is 0 Å². The van der Waals surface area contributed by atoms with Crippen molar-refractivity contribution in [1.82, 2.24) is 4.90 Å². The molecular formula is C10H18N2O6. The van der Waals surface area contributed by atoms with Gasteiger partial charge in [-0.05, 0) is 20.2 Å². The fourth-order valence-corrected chi connectivity index (χ4v) is 0.522. The van der Waals surface area contributed by atoms with Gasteiger partial charge in [0.05, 0.1) is 0 Å². The summed E-state index contributed by atoms with van der Waals surface area (Å²) in [6.07, 6.45) is 4.20. The molecule has 0 aromatic carbocycles. The second-order valence-electron chi connectivity index (χ2n) is 3.08. The Morgan fingerprint density at radius 3 is 1.67 bits per heavy atom. The lowest BCUT2D eigenvalue weighted by atomic mass is 10.4. The first-order valence-electron chi connectivity index (χ1n) is 4.50. The van der Waals surface area contributed by atoms with Gasteiger partial charge in [-0.25, -0.2) is 9.59 Å². The number of carbonyl (C=O) groups is 3. The summed E-state index contributed by atoms with van der Waals surface area (Å²) in [7, 11) is 3.84. The van der Waals surface area contributed by atoms with E-state index in [0.717, 1.165) is 6.54 Å². The molecular weight excluding hydrogens is 244 g/mol. The van der Waals surface area contributed by atoms with E-state index in [4.69, 9.17) is 15.9 Å². The number of primary amides is 1. The van der Waals surface area contributed by atoms with Gasteiger partial charge in [0.15, 0.2) is 0 Å². The molecule has 0 atom stereocenters. The molecule has 0 heterocycles. The summed E-state index contributed by atoms with van der Waals surface area (Å²) in [6.45, 7) is 0.753. The molecule has 0 rings (SSSR count). The third-order valence-corrected chi connectivity index (χ3v) is 1.12. The highest BCUT2D eigenvalue weighted by molar-refractivity contribution is 5.89. The minimum Gasteiger partial charge on any atom is -0.478 e. The van der Waals surface area contributed by atoms with Crippen molar-refractivity contribution in [3.63, 3.8) is 0 Å². The van der Waals surface area contributed by atoms with Crippen molar-refractivity contribution in [2.45, 2.75) is 0 Å². The van der Waals surface area contributed by atoms with E-state index < -0.39 is 17.8 Å². The molecule has 0 aliphatic carbocycles. The van der Waals surface area contributed by atoms with Crippen LogP contribution in [0, 0.1) is 0 Å². The number of likely N-dealkylation sites (N-methyl/N-ethyl adjacent to an activating group) is 1. The van der Waals surface area contributed by atoms with E-state index in [1.165, 1.54) is 6.08 Å². The van der Waals surface area contributed by atoms with Crippen LogP contribution in [0.1, 0.15) is 0 Å². The molecule has 0 aliphatic heterocycles. The average Bonchev–Trinajstić information content (AvgIpc) is 2.14. The summed E-state index contributed by atoms with van der Waals surface area (Å²) in [5, 5.41) is 15.6. The normalized spacial score (nSPS) is 9.72. The Bertz CT molecular complexity index is 306. The maximum absolute atomic E-state index is 10.1. The van der Waals surface area contributed by atoms with Gasteiger partial charge < -0.3 is 26.3 Å². The maximum atomic E-state index is 10.1. The number of carbonyl (C=O) groups excluding carboxylic acids is 1. The molecule has 18 heavy (non-hydrogen) atoms. The zero-order valence-electron chi connectivity index (χ0n) is 10.2. The summed E-state index contributed by atoms with van der Waals surface area (Å²) in [4.78, 5) is 31.1. The minimum atomic E-state index is -1.26. The minimum absolute atomic E-state index is 0. The predicted molar refractivity (Wildman–Crippen MR) is 64.9 cm³/mol. The van der Waals surface area contributed by atoms with Gasteiger partial charge in [-0.2, -0.15) is 0 Å². The fourth-order valence-electron chi connectivity index (χ4n) is 0.522. The molecule has 0 aliphatic rings. The number of rotatable bonds is 5. The second-order valence-corrected chi connectivity index (χ2v) is 3.08. The molecule has 0 aromatic rings. The van der Waals surface area contributed by atoms with E-state index in [1.807, 2.05) is 19.0 Å². The molecule has 0 fully saturated rings. The quantitative estimate of drug-likeness (QED) is 0.511. The topological polar surface area (TPSA) is 152 Å². The van der Waals surface area contributed by atoms with Crippen molar-refractivity contribution in [2.75, 3.05) is 20.6 Å². The first-order valence-corrected chi connectivity index (χ1v) is 4.50. The largest absolute Gasteiger partial charge is 0.478 e. The Balaban J connectivity index is -0.000000238. The van der Waals surface area contributed by atoms with Crippen molar-refractivity contribution in [3.05, 3.63) is 24.3 Å². The Labute approximate surface area is 104 Å². The fraction of sp³-hybridized carbons (Fsp3) is 0.300. The van der Waals surface area contributed by atoms with Gasteiger partial charge >= 0.3 is 11.9 Å². The number of amides is 1. The number of hydrogen-bond donors (Lipinski definition) is 3. The standard InChI is InChI=1S/C6H12N2O.C4H4O4.H2O/c1-8(2)5-3-4-6(7)9;5-3(6)1-2-4(7)8;/h3-4H,5H2,1-2H3,(H2,7,9);1-2H,(H,5,6)(H,7,8);1H2/b4-3+;2-1-;. The van der Waals surface area contributed by atoms with Crippen LogP contribution < -0.4 is 5.73 Å². The van der Waals surface area contributed by atoms with E-state index >= 15 is 0 Å². The summed E-state index contributed by atoms with van der Waals surface area (Å²) < 4.78 is 0. The van der Waals surface area contributed by atoms with E-state index in [2.05, 4.69) is 0 Å². The number of nitrogens with zero attached hydrogens (tertiary/aromatic N) is 1. The Morgan fingerprint density at radius 1 is 1.06 bits per heavy atom. The van der Waals surface area contributed by atoms with Crippen LogP contribution in [0.4, 0.5) is 0 Å². The van der Waals surface area contributed by atoms with Gasteiger partial charge in [0, 0.05) is 18.7 Å². The van der Waals surface area contributed by atoms with Gasteiger partial charge in [-0.1, -0.05) is 6.08 Å². The number of carboxylic acids is 2. The lowest BCUT2D eigenvalue weighted by molar-refractivity contribution is -0.134. The third kappa shape index (κ3) is 29.2. The number of hydrogen-bond acceptors (Lipinski definition) is 4. The van der Waals surface area contributed by atoms with Crippen LogP contribution in [0.5, 0.6) is 0 Å². The van der Waals surface area contributed by atoms with E-state index in [-0.39, 0.29) is 5.48 Å². The molecule has 104 valence electrons. The van der Waals surface area contributed by atoms with Crippen LogP contribution in [-0.4, -0.2) is 59.1 Å². The number of aliphatic carboxylic acids is 2. The lowest BCUT2D eigenvalue weighted by Crippen LogP contribution is -2.12. The molecule has 6 N–H and O–H groups in total. The molecule has 1 amide bonds. The Hall–Kier alpha value is -2.19. The number of nitrogens with two attached hydrogens (primary N) is 1. The van der Waals surface area contributed by atoms with Gasteiger partial charge in [0.1, 0.15) is 0 Å². The molecule has 0 spiro atoms. The lowest BCUT2D eigenvalue weighted by Gasteiger charge is -2.02. The smallest absolute Gasteiger partial charge is 0.328 e. The molecule has 8 nitrogen and oxygen atoms in total. The highest BCUT2D eigenvalue weighted by Crippen LogP contribution is 1.75. The molecule has 0 radical (unpaired) electrons. The highest BCUT2D eigenvalue weighted by Gasteiger charge is 1.88. The van der Waals surface area contributed by atoms with E-state index in [1.54, 1.807) is 6.08 Å². The van der Waals surface area contributed by atoms with E-state index in [0.29, 0.717) is 12.2 Å².